The molecule has 0 saturated carbocycles. The molecule has 6 nitrogen and oxygen atoms in total. The Morgan fingerprint density at radius 2 is 2.17 bits per heavy atom. The molecule has 0 aliphatic rings. The predicted octanol–water partition coefficient (Wildman–Crippen LogP) is 0.647. The minimum atomic E-state index is -0.470. The van der Waals surface area contributed by atoms with Crippen molar-refractivity contribution in [3.63, 3.8) is 0 Å². The maximum Gasteiger partial charge on any atom is 0.224 e. The lowest BCUT2D eigenvalue weighted by Gasteiger charge is -2.11. The third-order valence-electron chi connectivity index (χ3n) is 2.19. The van der Waals surface area contributed by atoms with Gasteiger partial charge in [-0.1, -0.05) is 0 Å². The molecule has 1 rings (SSSR count). The molecule has 0 radical (unpaired) electrons. The number of anilines is 2. The van der Waals surface area contributed by atoms with Crippen molar-refractivity contribution < 1.29 is 9.13 Å². The molecule has 0 atom stereocenters. The van der Waals surface area contributed by atoms with E-state index < -0.39 is 5.82 Å². The summed E-state index contributed by atoms with van der Waals surface area (Å²) >= 11 is 0. The van der Waals surface area contributed by atoms with E-state index in [1.165, 1.54) is 0 Å². The zero-order valence-corrected chi connectivity index (χ0v) is 11.0. The molecular formula is C11H20FN5O. The van der Waals surface area contributed by atoms with E-state index in [-0.39, 0.29) is 5.82 Å². The van der Waals surface area contributed by atoms with Crippen LogP contribution in [0.2, 0.25) is 0 Å². The number of nitrogens with zero attached hydrogens (tertiary/aromatic N) is 3. The SMILES string of the molecule is CNc1ncc(F)c(NCCOCCN(C)C)n1. The highest BCUT2D eigenvalue weighted by Gasteiger charge is 2.05. The normalized spacial score (nSPS) is 10.7. The fraction of sp³-hybridized carbons (Fsp3) is 0.636. The Balaban J connectivity index is 2.26. The molecule has 1 aromatic heterocycles. The molecule has 2 N–H and O–H groups in total. The van der Waals surface area contributed by atoms with Gasteiger partial charge in [0.05, 0.1) is 19.4 Å². The maximum atomic E-state index is 13.3. The molecule has 102 valence electrons. The lowest BCUT2D eigenvalue weighted by molar-refractivity contribution is 0.126. The first-order valence-corrected chi connectivity index (χ1v) is 5.80. The Kier molecular flexibility index (Phi) is 6.31. The van der Waals surface area contributed by atoms with Gasteiger partial charge in [-0.3, -0.25) is 0 Å². The summed E-state index contributed by atoms with van der Waals surface area (Å²) < 4.78 is 18.7. The van der Waals surface area contributed by atoms with Gasteiger partial charge in [0.15, 0.2) is 11.6 Å². The zero-order valence-electron chi connectivity index (χ0n) is 11.0. The van der Waals surface area contributed by atoms with Crippen molar-refractivity contribution in [2.75, 3.05) is 58.1 Å². The zero-order chi connectivity index (χ0) is 13.4. The molecule has 0 unspecified atom stereocenters. The van der Waals surface area contributed by atoms with E-state index in [4.69, 9.17) is 4.74 Å². The molecule has 0 aliphatic heterocycles. The number of nitrogens with one attached hydrogen (secondary N) is 2. The van der Waals surface area contributed by atoms with Crippen molar-refractivity contribution >= 4 is 11.8 Å². The molecule has 0 spiro atoms. The van der Waals surface area contributed by atoms with Crippen LogP contribution in [0.25, 0.3) is 0 Å². The Hall–Kier alpha value is -1.47. The number of hydrogen-bond acceptors (Lipinski definition) is 6. The maximum absolute atomic E-state index is 13.3. The first kappa shape index (κ1) is 14.6. The van der Waals surface area contributed by atoms with Crippen LogP contribution in [0.15, 0.2) is 6.20 Å². The monoisotopic (exact) mass is 257 g/mol. The Morgan fingerprint density at radius 1 is 1.39 bits per heavy atom. The van der Waals surface area contributed by atoms with Crippen molar-refractivity contribution in [3.05, 3.63) is 12.0 Å². The standard InChI is InChI=1S/C11H20FN5O/c1-13-11-15-8-9(12)10(16-11)14-4-6-18-7-5-17(2)3/h8H,4-7H2,1-3H3,(H2,13,14,15,16). The topological polar surface area (TPSA) is 62.3 Å². The van der Waals surface area contributed by atoms with Crippen LogP contribution in [0.5, 0.6) is 0 Å². The molecule has 0 amide bonds. The lowest BCUT2D eigenvalue weighted by Crippen LogP contribution is -2.20. The van der Waals surface area contributed by atoms with Crippen LogP contribution in [0, 0.1) is 5.82 Å². The fourth-order valence-electron chi connectivity index (χ4n) is 1.20. The summed E-state index contributed by atoms with van der Waals surface area (Å²) in [7, 11) is 5.65. The minimum Gasteiger partial charge on any atom is -0.378 e. The Morgan fingerprint density at radius 3 is 2.83 bits per heavy atom. The van der Waals surface area contributed by atoms with E-state index in [1.807, 2.05) is 19.0 Å². The average Bonchev–Trinajstić information content (AvgIpc) is 2.35. The second-order valence-electron chi connectivity index (χ2n) is 3.98. The van der Waals surface area contributed by atoms with Gasteiger partial charge in [-0.15, -0.1) is 0 Å². The van der Waals surface area contributed by atoms with E-state index in [9.17, 15) is 4.39 Å². The number of rotatable bonds is 8. The molecular weight excluding hydrogens is 237 g/mol. The predicted molar refractivity (Wildman–Crippen MR) is 69.4 cm³/mol. The molecule has 18 heavy (non-hydrogen) atoms. The number of hydrogen-bond donors (Lipinski definition) is 2. The quantitative estimate of drug-likeness (QED) is 0.667. The molecule has 1 aromatic rings. The highest BCUT2D eigenvalue weighted by Crippen LogP contribution is 2.10. The number of likely N-dealkylation sites (N-methyl/N-ethyl adjacent to an activating group) is 1. The summed E-state index contributed by atoms with van der Waals surface area (Å²) in [5, 5.41) is 5.62. The summed E-state index contributed by atoms with van der Waals surface area (Å²) in [6, 6.07) is 0. The van der Waals surface area contributed by atoms with E-state index >= 15 is 0 Å². The summed E-state index contributed by atoms with van der Waals surface area (Å²) in [6.45, 7) is 2.53. The van der Waals surface area contributed by atoms with Crippen LogP contribution in [0.3, 0.4) is 0 Å². The summed E-state index contributed by atoms with van der Waals surface area (Å²) in [5.41, 5.74) is 0. The second-order valence-corrected chi connectivity index (χ2v) is 3.98. The van der Waals surface area contributed by atoms with E-state index in [1.54, 1.807) is 7.05 Å². The van der Waals surface area contributed by atoms with Gasteiger partial charge >= 0.3 is 0 Å². The van der Waals surface area contributed by atoms with E-state index in [0.717, 1.165) is 12.7 Å². The first-order valence-electron chi connectivity index (χ1n) is 5.80. The summed E-state index contributed by atoms with van der Waals surface area (Å²) in [6.07, 6.45) is 1.13. The second kappa shape index (κ2) is 7.78. The van der Waals surface area contributed by atoms with Gasteiger partial charge in [-0.2, -0.15) is 4.98 Å². The fourth-order valence-corrected chi connectivity index (χ4v) is 1.20. The van der Waals surface area contributed by atoms with Crippen LogP contribution in [-0.4, -0.2) is 62.3 Å². The van der Waals surface area contributed by atoms with Gasteiger partial charge in [0.25, 0.3) is 0 Å². The molecule has 7 heteroatoms. The molecule has 0 aromatic carbocycles. The van der Waals surface area contributed by atoms with Crippen molar-refractivity contribution in [2.24, 2.45) is 0 Å². The summed E-state index contributed by atoms with van der Waals surface area (Å²) in [5.74, 6) is 0.0975. The summed E-state index contributed by atoms with van der Waals surface area (Å²) in [4.78, 5) is 9.76. The third kappa shape index (κ3) is 5.24. The minimum absolute atomic E-state index is 0.186. The Labute approximate surface area is 107 Å². The van der Waals surface area contributed by atoms with Gasteiger partial charge in [-0.25, -0.2) is 9.37 Å². The van der Waals surface area contributed by atoms with Crippen LogP contribution < -0.4 is 10.6 Å². The van der Waals surface area contributed by atoms with Gasteiger partial charge in [0, 0.05) is 20.1 Å². The highest BCUT2D eigenvalue weighted by atomic mass is 19.1. The average molecular weight is 257 g/mol. The van der Waals surface area contributed by atoms with E-state index in [2.05, 4.69) is 20.6 Å². The van der Waals surface area contributed by atoms with Crippen molar-refractivity contribution in [3.8, 4) is 0 Å². The van der Waals surface area contributed by atoms with Crippen LogP contribution >= 0.6 is 0 Å². The van der Waals surface area contributed by atoms with Crippen molar-refractivity contribution in [1.82, 2.24) is 14.9 Å². The van der Waals surface area contributed by atoms with Gasteiger partial charge in [-0.05, 0) is 14.1 Å². The molecule has 0 fully saturated rings. The van der Waals surface area contributed by atoms with E-state index in [0.29, 0.717) is 25.7 Å². The smallest absolute Gasteiger partial charge is 0.224 e. The first-order chi connectivity index (χ1) is 8.63. The largest absolute Gasteiger partial charge is 0.378 e. The lowest BCUT2D eigenvalue weighted by atomic mass is 10.5. The van der Waals surface area contributed by atoms with Crippen molar-refractivity contribution in [2.45, 2.75) is 0 Å². The molecule has 1 heterocycles. The molecule has 0 saturated heterocycles. The van der Waals surface area contributed by atoms with Gasteiger partial charge in [0.2, 0.25) is 5.95 Å². The van der Waals surface area contributed by atoms with Gasteiger partial charge in [0.1, 0.15) is 0 Å². The highest BCUT2D eigenvalue weighted by molar-refractivity contribution is 5.40. The van der Waals surface area contributed by atoms with Crippen LogP contribution in [0.1, 0.15) is 0 Å². The number of aromatic nitrogens is 2. The van der Waals surface area contributed by atoms with Gasteiger partial charge < -0.3 is 20.3 Å². The molecule has 0 aliphatic carbocycles. The Bertz CT molecular complexity index is 361. The molecule has 0 bridgehead atoms. The number of halogens is 1. The van der Waals surface area contributed by atoms with Crippen LogP contribution in [0.4, 0.5) is 16.2 Å². The van der Waals surface area contributed by atoms with Crippen molar-refractivity contribution in [1.29, 1.82) is 0 Å². The number of ether oxygens (including phenoxy) is 1. The third-order valence-corrected chi connectivity index (χ3v) is 2.19. The van der Waals surface area contributed by atoms with Crippen LogP contribution in [-0.2, 0) is 4.74 Å².